The monoisotopic (exact) mass is 370 g/mol. The standard InChI is InChI=1S/C21H23ClN2S/c1-23-10-12-24(13-11-23)9-8-19-18-5-3-2-4-16(18)15-25-21-14-17(22)6-7-20(19)21/h2-8,14H,9-13,15H2,1H3. The van der Waals surface area contributed by atoms with Crippen LogP contribution in [0.1, 0.15) is 16.7 Å². The molecule has 4 rings (SSSR count). The Labute approximate surface area is 159 Å². The molecular formula is C21H23ClN2S. The molecule has 0 radical (unpaired) electrons. The minimum Gasteiger partial charge on any atom is -0.304 e. The van der Waals surface area contributed by atoms with Gasteiger partial charge in [0.05, 0.1) is 0 Å². The maximum atomic E-state index is 6.26. The highest BCUT2D eigenvalue weighted by Crippen LogP contribution is 2.41. The first-order chi connectivity index (χ1) is 12.2. The Balaban J connectivity index is 1.70. The lowest BCUT2D eigenvalue weighted by molar-refractivity contribution is 0.166. The predicted octanol–water partition coefficient (Wildman–Crippen LogP) is 4.62. The number of hydrogen-bond acceptors (Lipinski definition) is 3. The molecule has 1 saturated heterocycles. The van der Waals surface area contributed by atoms with E-state index in [0.29, 0.717) is 0 Å². The van der Waals surface area contributed by atoms with Crippen molar-refractivity contribution in [2.45, 2.75) is 10.6 Å². The van der Waals surface area contributed by atoms with Gasteiger partial charge in [0.25, 0.3) is 0 Å². The van der Waals surface area contributed by atoms with Crippen LogP contribution in [0.4, 0.5) is 0 Å². The minimum absolute atomic E-state index is 0.815. The second kappa shape index (κ2) is 7.55. The smallest absolute Gasteiger partial charge is 0.0417 e. The Morgan fingerprint density at radius 1 is 1.04 bits per heavy atom. The van der Waals surface area contributed by atoms with Crippen molar-refractivity contribution in [3.05, 3.63) is 70.3 Å². The third-order valence-corrected chi connectivity index (χ3v) is 6.41. The molecule has 2 aromatic carbocycles. The first-order valence-electron chi connectivity index (χ1n) is 8.83. The maximum absolute atomic E-state index is 6.26. The number of benzene rings is 2. The molecule has 0 aromatic heterocycles. The summed E-state index contributed by atoms with van der Waals surface area (Å²) in [5, 5.41) is 0.815. The fourth-order valence-corrected chi connectivity index (χ4v) is 4.86. The van der Waals surface area contributed by atoms with Crippen LogP contribution < -0.4 is 0 Å². The Morgan fingerprint density at radius 3 is 2.68 bits per heavy atom. The molecule has 0 amide bonds. The van der Waals surface area contributed by atoms with Gasteiger partial charge in [-0.05, 0) is 41.4 Å². The third-order valence-electron chi connectivity index (χ3n) is 5.07. The zero-order chi connectivity index (χ0) is 17.2. The van der Waals surface area contributed by atoms with Crippen LogP contribution in [0.25, 0.3) is 5.57 Å². The molecular weight excluding hydrogens is 348 g/mol. The van der Waals surface area contributed by atoms with Crippen molar-refractivity contribution in [2.24, 2.45) is 0 Å². The van der Waals surface area contributed by atoms with E-state index >= 15 is 0 Å². The van der Waals surface area contributed by atoms with Crippen LogP contribution in [0.15, 0.2) is 53.4 Å². The summed E-state index contributed by atoms with van der Waals surface area (Å²) in [6.45, 7) is 5.60. The van der Waals surface area contributed by atoms with Gasteiger partial charge in [-0.1, -0.05) is 48.0 Å². The number of rotatable bonds is 2. The van der Waals surface area contributed by atoms with Crippen LogP contribution in [-0.2, 0) is 5.75 Å². The Bertz CT molecular complexity index is 794. The summed E-state index contributed by atoms with van der Waals surface area (Å²) < 4.78 is 0. The molecule has 0 aliphatic carbocycles. The predicted molar refractivity (Wildman–Crippen MR) is 108 cm³/mol. The van der Waals surface area contributed by atoms with E-state index in [1.165, 1.54) is 27.2 Å². The summed E-state index contributed by atoms with van der Waals surface area (Å²) in [4.78, 5) is 6.23. The topological polar surface area (TPSA) is 6.48 Å². The molecule has 0 atom stereocenters. The van der Waals surface area contributed by atoms with E-state index in [1.807, 2.05) is 17.8 Å². The van der Waals surface area contributed by atoms with Crippen molar-refractivity contribution in [3.8, 4) is 0 Å². The Hall–Kier alpha value is -1.26. The second-order valence-corrected chi connectivity index (χ2v) is 8.26. The van der Waals surface area contributed by atoms with Crippen LogP contribution >= 0.6 is 23.4 Å². The molecule has 25 heavy (non-hydrogen) atoms. The highest BCUT2D eigenvalue weighted by atomic mass is 35.5. The van der Waals surface area contributed by atoms with Crippen LogP contribution in [0, 0.1) is 0 Å². The molecule has 1 fully saturated rings. The van der Waals surface area contributed by atoms with Gasteiger partial charge >= 0.3 is 0 Å². The van der Waals surface area contributed by atoms with E-state index in [-0.39, 0.29) is 0 Å². The fraction of sp³-hybridized carbons (Fsp3) is 0.333. The molecule has 2 heterocycles. The van der Waals surface area contributed by atoms with Crippen molar-refractivity contribution in [3.63, 3.8) is 0 Å². The van der Waals surface area contributed by atoms with E-state index in [0.717, 1.165) is 43.5 Å². The van der Waals surface area contributed by atoms with Gasteiger partial charge in [-0.15, -0.1) is 11.8 Å². The Kier molecular flexibility index (Phi) is 5.18. The minimum atomic E-state index is 0.815. The number of likely N-dealkylation sites (N-methyl/N-ethyl adjacent to an activating group) is 1. The molecule has 2 aromatic rings. The molecule has 0 spiro atoms. The average molecular weight is 371 g/mol. The summed E-state index contributed by atoms with van der Waals surface area (Å²) in [5.74, 6) is 0.995. The summed E-state index contributed by atoms with van der Waals surface area (Å²) in [5.41, 5.74) is 5.44. The summed E-state index contributed by atoms with van der Waals surface area (Å²) in [7, 11) is 2.20. The molecule has 130 valence electrons. The number of hydrogen-bond donors (Lipinski definition) is 0. The molecule has 2 aliphatic rings. The summed E-state index contributed by atoms with van der Waals surface area (Å²) in [6, 6.07) is 15.1. The molecule has 0 unspecified atom stereocenters. The SMILES string of the molecule is CN1CCN(CC=C2c3ccccc3CSc3cc(Cl)ccc32)CC1. The second-order valence-electron chi connectivity index (χ2n) is 6.81. The van der Waals surface area contributed by atoms with Gasteiger partial charge in [-0.25, -0.2) is 0 Å². The molecule has 0 bridgehead atoms. The van der Waals surface area contributed by atoms with Crippen molar-refractivity contribution >= 4 is 28.9 Å². The first kappa shape index (κ1) is 17.2. The van der Waals surface area contributed by atoms with Crippen LogP contribution in [-0.4, -0.2) is 49.6 Å². The van der Waals surface area contributed by atoms with Crippen molar-refractivity contribution in [1.29, 1.82) is 0 Å². The van der Waals surface area contributed by atoms with E-state index in [2.05, 4.69) is 59.3 Å². The van der Waals surface area contributed by atoms with Crippen LogP contribution in [0.5, 0.6) is 0 Å². The first-order valence-corrected chi connectivity index (χ1v) is 10.2. The van der Waals surface area contributed by atoms with Gasteiger partial charge in [0, 0.05) is 48.4 Å². The molecule has 2 nitrogen and oxygen atoms in total. The normalized spacial score (nSPS) is 20.2. The van der Waals surface area contributed by atoms with Gasteiger partial charge in [0.2, 0.25) is 0 Å². The van der Waals surface area contributed by atoms with Crippen molar-refractivity contribution in [1.82, 2.24) is 9.80 Å². The number of thioether (sulfide) groups is 1. The lowest BCUT2D eigenvalue weighted by atomic mass is 9.94. The highest BCUT2D eigenvalue weighted by Gasteiger charge is 2.19. The van der Waals surface area contributed by atoms with Gasteiger partial charge in [-0.3, -0.25) is 4.90 Å². The number of piperazine rings is 1. The lowest BCUT2D eigenvalue weighted by Gasteiger charge is -2.31. The van der Waals surface area contributed by atoms with Crippen LogP contribution in [0.2, 0.25) is 5.02 Å². The van der Waals surface area contributed by atoms with Crippen molar-refractivity contribution < 1.29 is 0 Å². The molecule has 2 aliphatic heterocycles. The lowest BCUT2D eigenvalue weighted by Crippen LogP contribution is -2.44. The quantitative estimate of drug-likeness (QED) is 0.761. The number of nitrogens with zero attached hydrogens (tertiary/aromatic N) is 2. The highest BCUT2D eigenvalue weighted by molar-refractivity contribution is 7.98. The largest absolute Gasteiger partial charge is 0.304 e. The van der Waals surface area contributed by atoms with E-state index in [9.17, 15) is 0 Å². The van der Waals surface area contributed by atoms with E-state index in [4.69, 9.17) is 11.6 Å². The number of fused-ring (bicyclic) bond motifs is 2. The van der Waals surface area contributed by atoms with E-state index in [1.54, 1.807) is 0 Å². The molecule has 0 N–H and O–H groups in total. The maximum Gasteiger partial charge on any atom is 0.0417 e. The third kappa shape index (κ3) is 3.80. The van der Waals surface area contributed by atoms with Gasteiger partial charge < -0.3 is 4.90 Å². The van der Waals surface area contributed by atoms with Gasteiger partial charge in [-0.2, -0.15) is 0 Å². The van der Waals surface area contributed by atoms with Gasteiger partial charge in [0.15, 0.2) is 0 Å². The summed E-state index contributed by atoms with van der Waals surface area (Å²) >= 11 is 8.14. The molecule has 4 heteroatoms. The summed E-state index contributed by atoms with van der Waals surface area (Å²) in [6.07, 6.45) is 2.42. The van der Waals surface area contributed by atoms with Gasteiger partial charge in [0.1, 0.15) is 0 Å². The van der Waals surface area contributed by atoms with E-state index < -0.39 is 0 Å². The zero-order valence-corrected chi connectivity index (χ0v) is 16.1. The Morgan fingerprint density at radius 2 is 1.84 bits per heavy atom. The van der Waals surface area contributed by atoms with Crippen LogP contribution in [0.3, 0.4) is 0 Å². The average Bonchev–Trinajstić information content (AvgIpc) is 2.78. The molecule has 0 saturated carbocycles. The zero-order valence-electron chi connectivity index (χ0n) is 14.5. The number of halogens is 1. The van der Waals surface area contributed by atoms with Crippen molar-refractivity contribution in [2.75, 3.05) is 39.8 Å². The fourth-order valence-electron chi connectivity index (χ4n) is 3.52.